The predicted molar refractivity (Wildman–Crippen MR) is 120 cm³/mol. The zero-order valence-corrected chi connectivity index (χ0v) is 17.9. The van der Waals surface area contributed by atoms with Gasteiger partial charge in [0.1, 0.15) is 12.1 Å². The maximum atomic E-state index is 4.67. The van der Waals surface area contributed by atoms with Gasteiger partial charge in [0.15, 0.2) is 11.6 Å². The van der Waals surface area contributed by atoms with E-state index < -0.39 is 0 Å². The quantitative estimate of drug-likeness (QED) is 0.523. The highest BCUT2D eigenvalue weighted by Gasteiger charge is 2.15. The van der Waals surface area contributed by atoms with Gasteiger partial charge >= 0.3 is 0 Å². The van der Waals surface area contributed by atoms with Crippen molar-refractivity contribution in [1.29, 1.82) is 0 Å². The molecule has 0 saturated heterocycles. The van der Waals surface area contributed by atoms with Crippen LogP contribution < -0.4 is 5.32 Å². The fraction of sp³-hybridized carbons (Fsp3) is 0.217. The lowest BCUT2D eigenvalue weighted by Gasteiger charge is -2.07. The van der Waals surface area contributed by atoms with Crippen LogP contribution in [-0.4, -0.2) is 29.5 Å². The summed E-state index contributed by atoms with van der Waals surface area (Å²) < 4.78 is 3.69. The maximum absolute atomic E-state index is 4.67. The number of rotatable bonds is 5. The van der Waals surface area contributed by atoms with E-state index in [4.69, 9.17) is 0 Å². The van der Waals surface area contributed by atoms with Crippen molar-refractivity contribution in [3.8, 4) is 17.1 Å². The SMILES string of the molecule is C=C(C)c1ccc(-c2c(C)c(Nc3cc(-n4nc(C)cc4C)ncn3)nn2C)cc1. The molecule has 30 heavy (non-hydrogen) atoms. The molecule has 1 N–H and O–H groups in total. The molecular weight excluding hydrogens is 374 g/mol. The van der Waals surface area contributed by atoms with E-state index in [1.165, 1.54) is 6.33 Å². The number of nitrogens with one attached hydrogen (secondary N) is 1. The molecule has 3 aromatic heterocycles. The summed E-state index contributed by atoms with van der Waals surface area (Å²) in [5.74, 6) is 2.13. The minimum Gasteiger partial charge on any atom is -0.323 e. The van der Waals surface area contributed by atoms with Gasteiger partial charge < -0.3 is 5.32 Å². The van der Waals surface area contributed by atoms with Crippen LogP contribution in [0.1, 0.15) is 29.4 Å². The molecule has 4 rings (SSSR count). The largest absolute Gasteiger partial charge is 0.323 e. The van der Waals surface area contributed by atoms with E-state index in [2.05, 4.69) is 63.3 Å². The number of benzene rings is 1. The van der Waals surface area contributed by atoms with Crippen molar-refractivity contribution in [2.24, 2.45) is 7.05 Å². The molecule has 0 atom stereocenters. The average molecular weight is 400 g/mol. The van der Waals surface area contributed by atoms with Gasteiger partial charge in [-0.2, -0.15) is 10.2 Å². The second-order valence-electron chi connectivity index (χ2n) is 7.53. The first kappa shape index (κ1) is 19.6. The topological polar surface area (TPSA) is 73.5 Å². The maximum Gasteiger partial charge on any atom is 0.159 e. The van der Waals surface area contributed by atoms with Crippen LogP contribution in [-0.2, 0) is 7.05 Å². The number of anilines is 2. The zero-order chi connectivity index (χ0) is 21.4. The molecule has 152 valence electrons. The molecule has 7 nitrogen and oxygen atoms in total. The molecule has 0 bridgehead atoms. The molecule has 1 aromatic carbocycles. The van der Waals surface area contributed by atoms with Crippen LogP contribution in [0.3, 0.4) is 0 Å². The van der Waals surface area contributed by atoms with Crippen LogP contribution >= 0.6 is 0 Å². The molecule has 7 heteroatoms. The summed E-state index contributed by atoms with van der Waals surface area (Å²) in [5, 5.41) is 12.5. The molecule has 0 aliphatic heterocycles. The van der Waals surface area contributed by atoms with Crippen LogP contribution in [0, 0.1) is 20.8 Å². The summed E-state index contributed by atoms with van der Waals surface area (Å²) in [7, 11) is 1.95. The van der Waals surface area contributed by atoms with Crippen LogP contribution in [0.5, 0.6) is 0 Å². The Morgan fingerprint density at radius 2 is 1.73 bits per heavy atom. The second-order valence-corrected chi connectivity index (χ2v) is 7.53. The van der Waals surface area contributed by atoms with Crippen molar-refractivity contribution >= 4 is 17.2 Å². The van der Waals surface area contributed by atoms with E-state index in [0.29, 0.717) is 11.6 Å². The predicted octanol–water partition coefficient (Wildman–Crippen LogP) is 4.76. The number of allylic oxidation sites excluding steroid dienone is 1. The van der Waals surface area contributed by atoms with Gasteiger partial charge in [-0.1, -0.05) is 36.4 Å². The Hall–Kier alpha value is -3.74. The van der Waals surface area contributed by atoms with Gasteiger partial charge in [0.2, 0.25) is 0 Å². The molecule has 0 aliphatic carbocycles. The van der Waals surface area contributed by atoms with E-state index in [0.717, 1.165) is 45.2 Å². The van der Waals surface area contributed by atoms with E-state index in [-0.39, 0.29) is 0 Å². The van der Waals surface area contributed by atoms with Crippen LogP contribution in [0.4, 0.5) is 11.6 Å². The molecule has 3 heterocycles. The highest BCUT2D eigenvalue weighted by atomic mass is 15.3. The average Bonchev–Trinajstić information content (AvgIpc) is 3.19. The summed E-state index contributed by atoms with van der Waals surface area (Å²) in [5.41, 5.74) is 7.36. The molecule has 0 radical (unpaired) electrons. The third-order valence-corrected chi connectivity index (χ3v) is 5.06. The first-order chi connectivity index (χ1) is 14.3. The van der Waals surface area contributed by atoms with Gasteiger partial charge in [-0.25, -0.2) is 14.6 Å². The van der Waals surface area contributed by atoms with E-state index >= 15 is 0 Å². The molecule has 4 aromatic rings. The molecular formula is C23H25N7. The molecule has 0 amide bonds. The number of hydrogen-bond donors (Lipinski definition) is 1. The Labute approximate surface area is 176 Å². The van der Waals surface area contributed by atoms with Crippen molar-refractivity contribution in [1.82, 2.24) is 29.5 Å². The molecule has 0 saturated carbocycles. The number of aromatic nitrogens is 6. The fourth-order valence-corrected chi connectivity index (χ4v) is 3.58. The van der Waals surface area contributed by atoms with Crippen molar-refractivity contribution in [2.75, 3.05) is 5.32 Å². The lowest BCUT2D eigenvalue weighted by molar-refractivity contribution is 0.778. The monoisotopic (exact) mass is 399 g/mol. The highest BCUT2D eigenvalue weighted by molar-refractivity contribution is 5.73. The Morgan fingerprint density at radius 3 is 2.37 bits per heavy atom. The minimum absolute atomic E-state index is 0.665. The smallest absolute Gasteiger partial charge is 0.159 e. The van der Waals surface area contributed by atoms with Gasteiger partial charge in [0.25, 0.3) is 0 Å². The van der Waals surface area contributed by atoms with E-state index in [1.807, 2.05) is 49.3 Å². The van der Waals surface area contributed by atoms with Gasteiger partial charge in [-0.3, -0.25) is 4.68 Å². The molecule has 0 aliphatic rings. The molecule has 0 unspecified atom stereocenters. The Balaban J connectivity index is 1.65. The summed E-state index contributed by atoms with van der Waals surface area (Å²) in [6.45, 7) is 12.0. The highest BCUT2D eigenvalue weighted by Crippen LogP contribution is 2.30. The Kier molecular flexibility index (Phi) is 4.95. The zero-order valence-electron chi connectivity index (χ0n) is 17.9. The lowest BCUT2D eigenvalue weighted by atomic mass is 10.0. The number of hydrogen-bond acceptors (Lipinski definition) is 5. The minimum atomic E-state index is 0.665. The fourth-order valence-electron chi connectivity index (χ4n) is 3.58. The summed E-state index contributed by atoms with van der Waals surface area (Å²) in [4.78, 5) is 8.72. The van der Waals surface area contributed by atoms with E-state index in [9.17, 15) is 0 Å². The molecule has 0 spiro atoms. The van der Waals surface area contributed by atoms with Crippen molar-refractivity contribution in [3.63, 3.8) is 0 Å². The standard InChI is InChI=1S/C23H25N7/c1-14(2)18-7-9-19(10-8-18)22-17(5)23(28-29(22)6)26-20-12-21(25-13-24-20)30-16(4)11-15(3)27-30/h7-13H,1H2,2-6H3,(H,24,25,26,28). The lowest BCUT2D eigenvalue weighted by Crippen LogP contribution is -2.04. The van der Waals surface area contributed by atoms with Gasteiger partial charge in [-0.15, -0.1) is 0 Å². The van der Waals surface area contributed by atoms with Crippen LogP contribution in [0.15, 0.2) is 49.3 Å². The van der Waals surface area contributed by atoms with Crippen LogP contribution in [0.2, 0.25) is 0 Å². The third-order valence-electron chi connectivity index (χ3n) is 5.06. The van der Waals surface area contributed by atoms with Gasteiger partial charge in [0, 0.05) is 29.9 Å². The normalized spacial score (nSPS) is 11.0. The first-order valence-electron chi connectivity index (χ1n) is 9.76. The first-order valence-corrected chi connectivity index (χ1v) is 9.76. The van der Waals surface area contributed by atoms with Crippen molar-refractivity contribution in [2.45, 2.75) is 27.7 Å². The summed E-state index contributed by atoms with van der Waals surface area (Å²) >= 11 is 0. The van der Waals surface area contributed by atoms with E-state index in [1.54, 1.807) is 0 Å². The van der Waals surface area contributed by atoms with Gasteiger partial charge in [0.05, 0.1) is 11.4 Å². The van der Waals surface area contributed by atoms with Crippen LogP contribution in [0.25, 0.3) is 22.6 Å². The third kappa shape index (κ3) is 3.61. The van der Waals surface area contributed by atoms with Crippen molar-refractivity contribution in [3.05, 3.63) is 71.8 Å². The van der Waals surface area contributed by atoms with Gasteiger partial charge in [-0.05, 0) is 39.3 Å². The number of nitrogens with zero attached hydrogens (tertiary/aromatic N) is 6. The Bertz CT molecular complexity index is 1230. The van der Waals surface area contributed by atoms with Crippen molar-refractivity contribution < 1.29 is 0 Å². The molecule has 0 fully saturated rings. The summed E-state index contributed by atoms with van der Waals surface area (Å²) in [6.07, 6.45) is 1.53. The Morgan fingerprint density at radius 1 is 1.00 bits per heavy atom. The number of aryl methyl sites for hydroxylation is 3. The second kappa shape index (κ2) is 7.59. The summed E-state index contributed by atoms with van der Waals surface area (Å²) in [6, 6.07) is 12.3.